The molecule has 2 fully saturated rings. The van der Waals surface area contributed by atoms with Crippen LogP contribution in [0.2, 0.25) is 0 Å². The predicted molar refractivity (Wildman–Crippen MR) is 75.5 cm³/mol. The summed E-state index contributed by atoms with van der Waals surface area (Å²) in [5.41, 5.74) is 6.02. The molecular formula is C15H28N2O2. The van der Waals surface area contributed by atoms with E-state index in [0.717, 1.165) is 38.6 Å². The second-order valence-corrected chi connectivity index (χ2v) is 6.59. The zero-order valence-corrected chi connectivity index (χ0v) is 12.2. The minimum Gasteiger partial charge on any atom is -0.391 e. The van der Waals surface area contributed by atoms with Crippen molar-refractivity contribution < 1.29 is 9.90 Å². The Labute approximate surface area is 116 Å². The molecule has 1 aliphatic heterocycles. The summed E-state index contributed by atoms with van der Waals surface area (Å²) in [5.74, 6) is 0.993. The number of carbonyl (C=O) groups is 1. The van der Waals surface area contributed by atoms with Crippen molar-refractivity contribution in [3.63, 3.8) is 0 Å². The lowest BCUT2D eigenvalue weighted by molar-refractivity contribution is -0.141. The van der Waals surface area contributed by atoms with Crippen LogP contribution in [0.3, 0.4) is 0 Å². The lowest BCUT2D eigenvalue weighted by atomic mass is 9.78. The highest BCUT2D eigenvalue weighted by molar-refractivity contribution is 5.79. The number of aliphatic hydroxyl groups excluding tert-OH is 1. The maximum atomic E-state index is 12.5. The molecule has 2 rings (SSSR count). The first-order valence-corrected chi connectivity index (χ1v) is 7.71. The van der Waals surface area contributed by atoms with Gasteiger partial charge in [0.05, 0.1) is 6.10 Å². The molecular weight excluding hydrogens is 240 g/mol. The highest BCUT2D eigenvalue weighted by atomic mass is 16.3. The van der Waals surface area contributed by atoms with E-state index in [0.29, 0.717) is 18.4 Å². The van der Waals surface area contributed by atoms with Crippen LogP contribution in [0, 0.1) is 17.8 Å². The van der Waals surface area contributed by atoms with E-state index in [1.807, 2.05) is 11.8 Å². The highest BCUT2D eigenvalue weighted by Gasteiger charge is 2.34. The molecule has 0 spiro atoms. The number of amides is 1. The number of nitrogens with zero attached hydrogens (tertiary/aromatic N) is 1. The summed E-state index contributed by atoms with van der Waals surface area (Å²) in [5, 5.41) is 9.92. The third-order valence-electron chi connectivity index (χ3n) is 5.08. The van der Waals surface area contributed by atoms with Gasteiger partial charge in [-0.3, -0.25) is 4.79 Å². The van der Waals surface area contributed by atoms with Crippen molar-refractivity contribution in [2.24, 2.45) is 23.5 Å². The fourth-order valence-corrected chi connectivity index (χ4v) is 3.46. The van der Waals surface area contributed by atoms with Gasteiger partial charge in [0, 0.05) is 25.0 Å². The monoisotopic (exact) mass is 268 g/mol. The summed E-state index contributed by atoms with van der Waals surface area (Å²) < 4.78 is 0. The van der Waals surface area contributed by atoms with Gasteiger partial charge in [-0.15, -0.1) is 0 Å². The molecule has 1 amide bonds. The van der Waals surface area contributed by atoms with Crippen molar-refractivity contribution in [1.82, 2.24) is 4.90 Å². The minimum atomic E-state index is -0.362. The zero-order valence-electron chi connectivity index (χ0n) is 12.2. The Kier molecular flexibility index (Phi) is 4.85. The smallest absolute Gasteiger partial charge is 0.225 e. The predicted octanol–water partition coefficient (Wildman–Crippen LogP) is 1.37. The normalized spacial score (nSPS) is 38.0. The van der Waals surface area contributed by atoms with Crippen molar-refractivity contribution in [2.45, 2.75) is 58.1 Å². The molecule has 0 aromatic heterocycles. The molecule has 1 saturated carbocycles. The van der Waals surface area contributed by atoms with Crippen LogP contribution in [0.5, 0.6) is 0 Å². The molecule has 1 aliphatic carbocycles. The Hall–Kier alpha value is -0.610. The summed E-state index contributed by atoms with van der Waals surface area (Å²) in [6.07, 6.45) is 4.87. The third-order valence-corrected chi connectivity index (χ3v) is 5.08. The molecule has 4 heteroatoms. The fourth-order valence-electron chi connectivity index (χ4n) is 3.46. The molecule has 19 heavy (non-hydrogen) atoms. The molecule has 1 heterocycles. The molecule has 4 nitrogen and oxygen atoms in total. The SMILES string of the molecule is CC1CCN(C(=O)C(C)C2CCCC(N)C2)CC1O. The first-order chi connectivity index (χ1) is 8.99. The molecule has 0 aromatic carbocycles. The van der Waals surface area contributed by atoms with E-state index in [4.69, 9.17) is 5.73 Å². The van der Waals surface area contributed by atoms with Crippen LogP contribution in [-0.4, -0.2) is 41.1 Å². The van der Waals surface area contributed by atoms with Gasteiger partial charge in [-0.25, -0.2) is 0 Å². The van der Waals surface area contributed by atoms with Gasteiger partial charge in [-0.2, -0.15) is 0 Å². The summed E-state index contributed by atoms with van der Waals surface area (Å²) in [6.45, 7) is 5.38. The minimum absolute atomic E-state index is 0.0481. The summed E-state index contributed by atoms with van der Waals surface area (Å²) >= 11 is 0. The zero-order chi connectivity index (χ0) is 14.0. The van der Waals surface area contributed by atoms with E-state index in [1.165, 1.54) is 0 Å². The number of β-amino-alcohol motifs (C(OH)–C–C–N with tert-alkyl or cyclic N) is 1. The maximum absolute atomic E-state index is 12.5. The lowest BCUT2D eigenvalue weighted by Crippen LogP contribution is -2.49. The van der Waals surface area contributed by atoms with Gasteiger partial charge in [0.2, 0.25) is 5.91 Å². The number of likely N-dealkylation sites (tertiary alicyclic amines) is 1. The van der Waals surface area contributed by atoms with Gasteiger partial charge in [0.25, 0.3) is 0 Å². The van der Waals surface area contributed by atoms with Crippen LogP contribution < -0.4 is 5.73 Å². The first-order valence-electron chi connectivity index (χ1n) is 7.71. The summed E-state index contributed by atoms with van der Waals surface area (Å²) in [6, 6.07) is 0.265. The number of aliphatic hydroxyl groups is 1. The fraction of sp³-hybridized carbons (Fsp3) is 0.933. The maximum Gasteiger partial charge on any atom is 0.225 e. The first kappa shape index (κ1) is 14.8. The van der Waals surface area contributed by atoms with Gasteiger partial charge in [-0.05, 0) is 37.5 Å². The van der Waals surface area contributed by atoms with E-state index >= 15 is 0 Å². The van der Waals surface area contributed by atoms with Crippen LogP contribution in [0.15, 0.2) is 0 Å². The Morgan fingerprint density at radius 3 is 2.74 bits per heavy atom. The molecule has 0 aromatic rings. The van der Waals surface area contributed by atoms with Crippen LogP contribution in [0.25, 0.3) is 0 Å². The van der Waals surface area contributed by atoms with Crippen molar-refractivity contribution in [3.05, 3.63) is 0 Å². The quantitative estimate of drug-likeness (QED) is 0.795. The van der Waals surface area contributed by atoms with E-state index in [9.17, 15) is 9.90 Å². The van der Waals surface area contributed by atoms with E-state index in [1.54, 1.807) is 0 Å². The Morgan fingerprint density at radius 1 is 1.37 bits per heavy atom. The molecule has 2 aliphatic rings. The number of hydrogen-bond donors (Lipinski definition) is 2. The topological polar surface area (TPSA) is 66.6 Å². The second-order valence-electron chi connectivity index (χ2n) is 6.59. The Morgan fingerprint density at radius 2 is 2.11 bits per heavy atom. The van der Waals surface area contributed by atoms with Gasteiger partial charge >= 0.3 is 0 Å². The summed E-state index contributed by atoms with van der Waals surface area (Å²) in [4.78, 5) is 14.4. The number of hydrogen-bond acceptors (Lipinski definition) is 3. The van der Waals surface area contributed by atoms with Crippen molar-refractivity contribution in [2.75, 3.05) is 13.1 Å². The van der Waals surface area contributed by atoms with Crippen LogP contribution in [-0.2, 0) is 4.79 Å². The molecule has 1 saturated heterocycles. The standard InChI is InChI=1S/C15H28N2O2/c1-10-6-7-17(9-14(10)18)15(19)11(2)12-4-3-5-13(16)8-12/h10-14,18H,3-9,16H2,1-2H3. The van der Waals surface area contributed by atoms with Gasteiger partial charge in [0.1, 0.15) is 0 Å². The average molecular weight is 268 g/mol. The molecule has 5 atom stereocenters. The van der Waals surface area contributed by atoms with Gasteiger partial charge < -0.3 is 15.7 Å². The molecule has 110 valence electrons. The number of carbonyl (C=O) groups excluding carboxylic acids is 1. The van der Waals surface area contributed by atoms with Gasteiger partial charge in [-0.1, -0.05) is 20.3 Å². The van der Waals surface area contributed by atoms with Crippen LogP contribution >= 0.6 is 0 Å². The average Bonchev–Trinajstić information content (AvgIpc) is 2.40. The van der Waals surface area contributed by atoms with Gasteiger partial charge in [0.15, 0.2) is 0 Å². The van der Waals surface area contributed by atoms with Crippen molar-refractivity contribution >= 4 is 5.91 Å². The Balaban J connectivity index is 1.91. The van der Waals surface area contributed by atoms with Crippen molar-refractivity contribution in [3.8, 4) is 0 Å². The van der Waals surface area contributed by atoms with Crippen LogP contribution in [0.1, 0.15) is 46.0 Å². The Bertz CT molecular complexity index is 321. The highest BCUT2D eigenvalue weighted by Crippen LogP contribution is 2.31. The van der Waals surface area contributed by atoms with Crippen LogP contribution in [0.4, 0.5) is 0 Å². The summed E-state index contributed by atoms with van der Waals surface area (Å²) in [7, 11) is 0. The molecule has 5 unspecified atom stereocenters. The lowest BCUT2D eigenvalue weighted by Gasteiger charge is -2.38. The molecule has 0 radical (unpaired) electrons. The number of rotatable bonds is 2. The van der Waals surface area contributed by atoms with E-state index in [-0.39, 0.29) is 24.0 Å². The second kappa shape index (κ2) is 6.23. The molecule has 3 N–H and O–H groups in total. The number of nitrogens with two attached hydrogens (primary N) is 1. The third kappa shape index (κ3) is 3.48. The van der Waals surface area contributed by atoms with E-state index in [2.05, 4.69) is 6.92 Å². The van der Waals surface area contributed by atoms with Crippen molar-refractivity contribution in [1.29, 1.82) is 0 Å². The largest absolute Gasteiger partial charge is 0.391 e. The van der Waals surface area contributed by atoms with E-state index < -0.39 is 0 Å². The number of piperidine rings is 1. The molecule has 0 bridgehead atoms.